The second-order valence-electron chi connectivity index (χ2n) is 5.97. The molecule has 0 unspecified atom stereocenters. The first-order valence-electron chi connectivity index (χ1n) is 8.68. The molecule has 0 spiro atoms. The molecule has 0 amide bonds. The molecule has 7 heteroatoms. The van der Waals surface area contributed by atoms with E-state index in [-0.39, 0.29) is 12.5 Å². The van der Waals surface area contributed by atoms with E-state index in [9.17, 15) is 4.79 Å². The van der Waals surface area contributed by atoms with Crippen LogP contribution in [0.15, 0.2) is 36.5 Å². The van der Waals surface area contributed by atoms with Gasteiger partial charge < -0.3 is 19.5 Å². The molecule has 7 nitrogen and oxygen atoms in total. The Labute approximate surface area is 157 Å². The number of fused-ring (bicyclic) bond motifs is 1. The van der Waals surface area contributed by atoms with Crippen LogP contribution in [0.4, 0.5) is 5.82 Å². The predicted molar refractivity (Wildman–Crippen MR) is 104 cm³/mol. The van der Waals surface area contributed by atoms with Crippen LogP contribution in [0.1, 0.15) is 12.5 Å². The van der Waals surface area contributed by atoms with Crippen LogP contribution in [-0.2, 0) is 9.53 Å². The fraction of sp³-hybridized carbons (Fsp3) is 0.300. The number of nitrogens with one attached hydrogen (secondary N) is 1. The SMILES string of the molecule is CCOC(=O)CNc1c(-c2ccc(OC)c(OC)c2)nc2ccc(C)cn12. The number of methoxy groups -OCH3 is 2. The summed E-state index contributed by atoms with van der Waals surface area (Å²) in [5.74, 6) is 1.65. The topological polar surface area (TPSA) is 74.1 Å². The van der Waals surface area contributed by atoms with Crippen molar-refractivity contribution in [1.29, 1.82) is 0 Å². The number of rotatable bonds is 7. The fourth-order valence-electron chi connectivity index (χ4n) is 2.87. The smallest absolute Gasteiger partial charge is 0.325 e. The van der Waals surface area contributed by atoms with Crippen molar-refractivity contribution in [1.82, 2.24) is 9.38 Å². The zero-order valence-electron chi connectivity index (χ0n) is 15.9. The third kappa shape index (κ3) is 3.81. The van der Waals surface area contributed by atoms with E-state index in [1.165, 1.54) is 0 Å². The van der Waals surface area contributed by atoms with E-state index < -0.39 is 0 Å². The summed E-state index contributed by atoms with van der Waals surface area (Å²) in [4.78, 5) is 16.6. The maximum absolute atomic E-state index is 11.8. The first-order chi connectivity index (χ1) is 13.1. The number of ether oxygens (including phenoxy) is 3. The van der Waals surface area contributed by atoms with Crippen LogP contribution >= 0.6 is 0 Å². The van der Waals surface area contributed by atoms with Crippen molar-refractivity contribution in [2.75, 3.05) is 32.7 Å². The van der Waals surface area contributed by atoms with Gasteiger partial charge in [0.25, 0.3) is 0 Å². The van der Waals surface area contributed by atoms with E-state index in [1.807, 2.05) is 47.9 Å². The Morgan fingerprint density at radius 2 is 1.93 bits per heavy atom. The average Bonchev–Trinajstić information content (AvgIpc) is 3.03. The summed E-state index contributed by atoms with van der Waals surface area (Å²) in [5.41, 5.74) is 3.42. The van der Waals surface area contributed by atoms with Gasteiger partial charge >= 0.3 is 5.97 Å². The second kappa shape index (κ2) is 7.99. The Balaban J connectivity index is 2.08. The number of benzene rings is 1. The molecule has 3 aromatic rings. The number of aryl methyl sites for hydroxylation is 1. The first kappa shape index (κ1) is 18.6. The van der Waals surface area contributed by atoms with Gasteiger partial charge in [0, 0.05) is 11.8 Å². The lowest BCUT2D eigenvalue weighted by Gasteiger charge is -2.11. The number of aromatic nitrogens is 2. The molecule has 2 aromatic heterocycles. The molecule has 27 heavy (non-hydrogen) atoms. The summed E-state index contributed by atoms with van der Waals surface area (Å²) in [7, 11) is 3.19. The molecule has 3 rings (SSSR count). The summed E-state index contributed by atoms with van der Waals surface area (Å²) < 4.78 is 17.7. The Morgan fingerprint density at radius 3 is 2.63 bits per heavy atom. The van der Waals surface area contributed by atoms with Crippen molar-refractivity contribution in [3.05, 3.63) is 42.1 Å². The highest BCUT2D eigenvalue weighted by Crippen LogP contribution is 2.35. The third-order valence-corrected chi connectivity index (χ3v) is 4.13. The maximum atomic E-state index is 11.8. The Hall–Kier alpha value is -3.22. The Kier molecular flexibility index (Phi) is 5.49. The van der Waals surface area contributed by atoms with Gasteiger partial charge in [-0.2, -0.15) is 0 Å². The second-order valence-corrected chi connectivity index (χ2v) is 5.97. The van der Waals surface area contributed by atoms with Crippen molar-refractivity contribution in [3.63, 3.8) is 0 Å². The van der Waals surface area contributed by atoms with Gasteiger partial charge in [-0.25, -0.2) is 4.98 Å². The molecule has 0 saturated carbocycles. The zero-order valence-corrected chi connectivity index (χ0v) is 15.9. The third-order valence-electron chi connectivity index (χ3n) is 4.13. The van der Waals surface area contributed by atoms with Crippen LogP contribution in [0.2, 0.25) is 0 Å². The first-order valence-corrected chi connectivity index (χ1v) is 8.68. The normalized spacial score (nSPS) is 10.7. The monoisotopic (exact) mass is 369 g/mol. The van der Waals surface area contributed by atoms with Gasteiger partial charge in [0.05, 0.1) is 20.8 Å². The van der Waals surface area contributed by atoms with Crippen molar-refractivity contribution in [2.45, 2.75) is 13.8 Å². The zero-order chi connectivity index (χ0) is 19.4. The van der Waals surface area contributed by atoms with Gasteiger partial charge in [-0.1, -0.05) is 6.07 Å². The van der Waals surface area contributed by atoms with E-state index in [0.29, 0.717) is 29.6 Å². The summed E-state index contributed by atoms with van der Waals surface area (Å²) in [5, 5.41) is 3.17. The highest BCUT2D eigenvalue weighted by Gasteiger charge is 2.17. The van der Waals surface area contributed by atoms with Gasteiger partial charge in [-0.15, -0.1) is 0 Å². The molecular formula is C20H23N3O4. The number of esters is 1. The number of anilines is 1. The van der Waals surface area contributed by atoms with Crippen LogP contribution < -0.4 is 14.8 Å². The minimum Gasteiger partial charge on any atom is -0.493 e. The van der Waals surface area contributed by atoms with Crippen LogP contribution in [0.5, 0.6) is 11.5 Å². The molecule has 0 fully saturated rings. The van der Waals surface area contributed by atoms with E-state index in [0.717, 1.165) is 16.8 Å². The average molecular weight is 369 g/mol. The van der Waals surface area contributed by atoms with Gasteiger partial charge in [0.15, 0.2) is 11.5 Å². The van der Waals surface area contributed by atoms with E-state index >= 15 is 0 Å². The maximum Gasteiger partial charge on any atom is 0.325 e. The highest BCUT2D eigenvalue weighted by atomic mass is 16.5. The summed E-state index contributed by atoms with van der Waals surface area (Å²) in [6, 6.07) is 9.54. The highest BCUT2D eigenvalue weighted by molar-refractivity contribution is 5.81. The number of pyridine rings is 1. The molecule has 0 bridgehead atoms. The number of nitrogens with zero attached hydrogens (tertiary/aromatic N) is 2. The Bertz CT molecular complexity index is 965. The molecular weight excluding hydrogens is 346 g/mol. The van der Waals surface area contributed by atoms with Crippen LogP contribution in [0.25, 0.3) is 16.9 Å². The summed E-state index contributed by atoms with van der Waals surface area (Å²) in [6.45, 7) is 4.18. The molecule has 0 radical (unpaired) electrons. The number of hydrogen-bond donors (Lipinski definition) is 1. The number of imidazole rings is 1. The van der Waals surface area contributed by atoms with Crippen molar-refractivity contribution in [3.8, 4) is 22.8 Å². The standard InChI is InChI=1S/C20H23N3O4/c1-5-27-18(24)11-21-20-19(22-17-9-6-13(2)12-23(17)20)14-7-8-15(25-3)16(10-14)26-4/h6-10,12,21H,5,11H2,1-4H3. The minimum atomic E-state index is -0.321. The lowest BCUT2D eigenvalue weighted by molar-refractivity contribution is -0.140. The molecule has 0 aliphatic heterocycles. The van der Waals surface area contributed by atoms with Gasteiger partial charge in [-0.05, 0) is 43.7 Å². The van der Waals surface area contributed by atoms with Crippen molar-refractivity contribution < 1.29 is 19.0 Å². The number of carbonyl (C=O) groups is 1. The largest absolute Gasteiger partial charge is 0.493 e. The van der Waals surface area contributed by atoms with E-state index in [4.69, 9.17) is 19.2 Å². The lowest BCUT2D eigenvalue weighted by Crippen LogP contribution is -2.18. The molecule has 1 aromatic carbocycles. The number of hydrogen-bond acceptors (Lipinski definition) is 6. The molecule has 0 saturated heterocycles. The summed E-state index contributed by atoms with van der Waals surface area (Å²) in [6.07, 6.45) is 1.97. The van der Waals surface area contributed by atoms with Crippen LogP contribution in [0, 0.1) is 6.92 Å². The fourth-order valence-corrected chi connectivity index (χ4v) is 2.87. The van der Waals surface area contributed by atoms with E-state index in [1.54, 1.807) is 21.1 Å². The molecule has 0 aliphatic rings. The van der Waals surface area contributed by atoms with Gasteiger partial charge in [0.2, 0.25) is 0 Å². The van der Waals surface area contributed by atoms with Gasteiger partial charge in [0.1, 0.15) is 23.7 Å². The van der Waals surface area contributed by atoms with Crippen molar-refractivity contribution >= 4 is 17.4 Å². The van der Waals surface area contributed by atoms with Gasteiger partial charge in [-0.3, -0.25) is 9.20 Å². The molecule has 2 heterocycles. The quantitative estimate of drug-likeness (QED) is 0.644. The molecule has 142 valence electrons. The minimum absolute atomic E-state index is 0.0515. The summed E-state index contributed by atoms with van der Waals surface area (Å²) >= 11 is 0. The van der Waals surface area contributed by atoms with Crippen LogP contribution in [-0.4, -0.2) is 42.7 Å². The molecule has 0 atom stereocenters. The van der Waals surface area contributed by atoms with Crippen molar-refractivity contribution in [2.24, 2.45) is 0 Å². The van der Waals surface area contributed by atoms with E-state index in [2.05, 4.69) is 5.32 Å². The number of carbonyl (C=O) groups excluding carboxylic acids is 1. The molecule has 0 aliphatic carbocycles. The Morgan fingerprint density at radius 1 is 1.15 bits per heavy atom. The van der Waals surface area contributed by atoms with Crippen LogP contribution in [0.3, 0.4) is 0 Å². The lowest BCUT2D eigenvalue weighted by atomic mass is 10.1. The molecule has 1 N–H and O–H groups in total. The predicted octanol–water partition coefficient (Wildman–Crippen LogP) is 3.30.